The first-order chi connectivity index (χ1) is 8.69. The average Bonchev–Trinajstić information content (AvgIpc) is 2.41. The standard InChI is InChI=1S/C14H15BrN2O/c1-10-13(15)7-8-14(17-10)16-9-11-3-5-12(18-2)6-4-11/h3-8H,9H2,1-2H3,(H,16,17). The summed E-state index contributed by atoms with van der Waals surface area (Å²) in [6.07, 6.45) is 0. The molecule has 0 saturated carbocycles. The summed E-state index contributed by atoms with van der Waals surface area (Å²) < 4.78 is 6.15. The minimum atomic E-state index is 0.748. The lowest BCUT2D eigenvalue weighted by atomic mass is 10.2. The molecule has 0 saturated heterocycles. The molecule has 0 fully saturated rings. The molecule has 3 nitrogen and oxygen atoms in total. The number of halogens is 1. The van der Waals surface area contributed by atoms with E-state index in [-0.39, 0.29) is 0 Å². The first-order valence-electron chi connectivity index (χ1n) is 5.69. The fraction of sp³-hybridized carbons (Fsp3) is 0.214. The molecule has 0 aliphatic heterocycles. The average molecular weight is 307 g/mol. The second-order valence-corrected chi connectivity index (χ2v) is 4.82. The molecule has 0 atom stereocenters. The van der Waals surface area contributed by atoms with Gasteiger partial charge in [-0.2, -0.15) is 0 Å². The van der Waals surface area contributed by atoms with E-state index in [1.165, 1.54) is 5.56 Å². The fourth-order valence-corrected chi connectivity index (χ4v) is 1.80. The number of anilines is 1. The Morgan fingerprint density at radius 1 is 1.17 bits per heavy atom. The quantitative estimate of drug-likeness (QED) is 0.933. The number of pyridine rings is 1. The van der Waals surface area contributed by atoms with Crippen molar-refractivity contribution in [2.75, 3.05) is 12.4 Å². The van der Waals surface area contributed by atoms with E-state index in [0.29, 0.717) is 0 Å². The van der Waals surface area contributed by atoms with Crippen LogP contribution >= 0.6 is 15.9 Å². The van der Waals surface area contributed by atoms with Gasteiger partial charge in [-0.05, 0) is 52.7 Å². The molecule has 1 N–H and O–H groups in total. The summed E-state index contributed by atoms with van der Waals surface area (Å²) in [5, 5.41) is 3.29. The Balaban J connectivity index is 1.99. The highest BCUT2D eigenvalue weighted by Crippen LogP contribution is 2.17. The number of hydrogen-bond donors (Lipinski definition) is 1. The van der Waals surface area contributed by atoms with E-state index >= 15 is 0 Å². The molecule has 0 unspecified atom stereocenters. The third kappa shape index (κ3) is 3.23. The third-order valence-electron chi connectivity index (χ3n) is 2.65. The summed E-state index contributed by atoms with van der Waals surface area (Å²) in [7, 11) is 1.67. The van der Waals surface area contributed by atoms with Gasteiger partial charge < -0.3 is 10.1 Å². The largest absolute Gasteiger partial charge is 0.497 e. The van der Waals surface area contributed by atoms with Crippen LogP contribution in [0.3, 0.4) is 0 Å². The molecule has 2 rings (SSSR count). The molecule has 0 spiro atoms. The Hall–Kier alpha value is -1.55. The molecule has 0 amide bonds. The van der Waals surface area contributed by atoms with Crippen LogP contribution in [-0.2, 0) is 6.54 Å². The van der Waals surface area contributed by atoms with Crippen molar-refractivity contribution in [1.82, 2.24) is 4.98 Å². The van der Waals surface area contributed by atoms with Crippen molar-refractivity contribution in [3.63, 3.8) is 0 Å². The third-order valence-corrected chi connectivity index (χ3v) is 3.49. The highest BCUT2D eigenvalue weighted by Gasteiger charge is 1.99. The van der Waals surface area contributed by atoms with Crippen LogP contribution in [0.2, 0.25) is 0 Å². The van der Waals surface area contributed by atoms with Gasteiger partial charge in [0.25, 0.3) is 0 Å². The molecular weight excluding hydrogens is 292 g/mol. The van der Waals surface area contributed by atoms with Crippen molar-refractivity contribution < 1.29 is 4.74 Å². The molecule has 0 aliphatic rings. The van der Waals surface area contributed by atoms with Crippen LogP contribution in [0, 0.1) is 6.92 Å². The Bertz CT molecular complexity index is 526. The zero-order valence-corrected chi connectivity index (χ0v) is 12.0. The van der Waals surface area contributed by atoms with Crippen molar-refractivity contribution in [2.24, 2.45) is 0 Å². The molecule has 1 aromatic carbocycles. The molecule has 18 heavy (non-hydrogen) atoms. The number of methoxy groups -OCH3 is 1. The smallest absolute Gasteiger partial charge is 0.126 e. The summed E-state index contributed by atoms with van der Waals surface area (Å²) >= 11 is 3.44. The number of ether oxygens (including phenoxy) is 1. The molecule has 4 heteroatoms. The molecule has 0 bridgehead atoms. The second-order valence-electron chi connectivity index (χ2n) is 3.97. The Labute approximate surface area is 115 Å². The van der Waals surface area contributed by atoms with E-state index in [1.54, 1.807) is 7.11 Å². The van der Waals surface area contributed by atoms with E-state index in [4.69, 9.17) is 4.74 Å². The van der Waals surface area contributed by atoms with Gasteiger partial charge in [0.1, 0.15) is 11.6 Å². The van der Waals surface area contributed by atoms with E-state index in [2.05, 4.69) is 26.2 Å². The molecule has 94 valence electrons. The Morgan fingerprint density at radius 3 is 2.50 bits per heavy atom. The van der Waals surface area contributed by atoms with Crippen LogP contribution in [-0.4, -0.2) is 12.1 Å². The number of aryl methyl sites for hydroxylation is 1. The maximum atomic E-state index is 5.12. The number of benzene rings is 1. The van der Waals surface area contributed by atoms with Crippen molar-refractivity contribution in [2.45, 2.75) is 13.5 Å². The summed E-state index contributed by atoms with van der Waals surface area (Å²) in [4.78, 5) is 4.44. The van der Waals surface area contributed by atoms with Crippen molar-refractivity contribution in [3.05, 3.63) is 52.1 Å². The predicted molar refractivity (Wildman–Crippen MR) is 77.0 cm³/mol. The number of hydrogen-bond acceptors (Lipinski definition) is 3. The Kier molecular flexibility index (Phi) is 4.20. The number of aromatic nitrogens is 1. The summed E-state index contributed by atoms with van der Waals surface area (Å²) in [6, 6.07) is 11.9. The van der Waals surface area contributed by atoms with Gasteiger partial charge in [-0.15, -0.1) is 0 Å². The monoisotopic (exact) mass is 306 g/mol. The topological polar surface area (TPSA) is 34.1 Å². The highest BCUT2D eigenvalue weighted by atomic mass is 79.9. The molecule has 0 aliphatic carbocycles. The Morgan fingerprint density at radius 2 is 1.89 bits per heavy atom. The predicted octanol–water partition coefficient (Wildman–Crippen LogP) is 3.77. The van der Waals surface area contributed by atoms with Crippen LogP contribution in [0.1, 0.15) is 11.3 Å². The number of nitrogens with zero attached hydrogens (tertiary/aromatic N) is 1. The van der Waals surface area contributed by atoms with Crippen LogP contribution in [0.25, 0.3) is 0 Å². The van der Waals surface area contributed by atoms with Crippen LogP contribution in [0.5, 0.6) is 5.75 Å². The molecule has 1 aromatic heterocycles. The van der Waals surface area contributed by atoms with Crippen molar-refractivity contribution in [3.8, 4) is 5.75 Å². The highest BCUT2D eigenvalue weighted by molar-refractivity contribution is 9.10. The van der Waals surface area contributed by atoms with E-state index in [1.807, 2.05) is 43.3 Å². The normalized spacial score (nSPS) is 10.2. The van der Waals surface area contributed by atoms with E-state index in [0.717, 1.165) is 28.3 Å². The van der Waals surface area contributed by atoms with Crippen LogP contribution in [0.15, 0.2) is 40.9 Å². The zero-order chi connectivity index (χ0) is 13.0. The summed E-state index contributed by atoms with van der Waals surface area (Å²) in [5.74, 6) is 1.75. The molecule has 2 aromatic rings. The van der Waals surface area contributed by atoms with Gasteiger partial charge in [-0.25, -0.2) is 4.98 Å². The SMILES string of the molecule is COc1ccc(CNc2ccc(Br)c(C)n2)cc1. The van der Waals surface area contributed by atoms with Gasteiger partial charge in [0.2, 0.25) is 0 Å². The lowest BCUT2D eigenvalue weighted by Crippen LogP contribution is -2.02. The minimum Gasteiger partial charge on any atom is -0.497 e. The second kappa shape index (κ2) is 5.87. The van der Waals surface area contributed by atoms with Gasteiger partial charge in [0.05, 0.1) is 12.8 Å². The van der Waals surface area contributed by atoms with Crippen LogP contribution in [0.4, 0.5) is 5.82 Å². The zero-order valence-electron chi connectivity index (χ0n) is 10.4. The van der Waals surface area contributed by atoms with E-state index in [9.17, 15) is 0 Å². The first kappa shape index (κ1) is 12.9. The van der Waals surface area contributed by atoms with Crippen LogP contribution < -0.4 is 10.1 Å². The van der Waals surface area contributed by atoms with Crippen molar-refractivity contribution >= 4 is 21.7 Å². The number of nitrogens with one attached hydrogen (secondary N) is 1. The molecule has 0 radical (unpaired) electrons. The van der Waals surface area contributed by atoms with Gasteiger partial charge in [-0.1, -0.05) is 12.1 Å². The summed E-state index contributed by atoms with van der Waals surface area (Å²) in [6.45, 7) is 2.72. The lowest BCUT2D eigenvalue weighted by molar-refractivity contribution is 0.414. The maximum Gasteiger partial charge on any atom is 0.126 e. The first-order valence-corrected chi connectivity index (χ1v) is 6.48. The van der Waals surface area contributed by atoms with Gasteiger partial charge in [-0.3, -0.25) is 0 Å². The number of rotatable bonds is 4. The van der Waals surface area contributed by atoms with E-state index < -0.39 is 0 Å². The summed E-state index contributed by atoms with van der Waals surface area (Å²) in [5.41, 5.74) is 2.17. The molecule has 1 heterocycles. The lowest BCUT2D eigenvalue weighted by Gasteiger charge is -2.08. The minimum absolute atomic E-state index is 0.748. The van der Waals surface area contributed by atoms with Gasteiger partial charge in [0, 0.05) is 11.0 Å². The maximum absolute atomic E-state index is 5.12. The van der Waals surface area contributed by atoms with Crippen molar-refractivity contribution in [1.29, 1.82) is 0 Å². The van der Waals surface area contributed by atoms with Gasteiger partial charge in [0.15, 0.2) is 0 Å². The van der Waals surface area contributed by atoms with Gasteiger partial charge >= 0.3 is 0 Å². The molecular formula is C14H15BrN2O. The fourth-order valence-electron chi connectivity index (χ4n) is 1.58.